The number of nitrogens with zero attached hydrogens (tertiary/aromatic N) is 2. The summed E-state index contributed by atoms with van der Waals surface area (Å²) in [6, 6.07) is 3.36. The van der Waals surface area contributed by atoms with Gasteiger partial charge >= 0.3 is 24.6 Å². The maximum Gasteiger partial charge on any atom is 0.434 e. The molecule has 0 aromatic heterocycles. The van der Waals surface area contributed by atoms with E-state index in [0.717, 1.165) is 29.9 Å². The molecule has 0 radical (unpaired) electrons. The number of alkyl halides is 9. The van der Waals surface area contributed by atoms with Crippen molar-refractivity contribution < 1.29 is 53.8 Å². The highest BCUT2D eigenvalue weighted by Gasteiger charge is 2.60. The third-order valence-corrected chi connectivity index (χ3v) is 7.62. The molecule has 2 fully saturated rings. The molecule has 2 aliphatic heterocycles. The summed E-state index contributed by atoms with van der Waals surface area (Å²) < 4.78 is 127. The Hall–Kier alpha value is -2.38. The maximum absolute atomic E-state index is 13.4. The first-order valence-electron chi connectivity index (χ1n) is 13.2. The SMILES string of the molecule is CCCC(CC)Oc1cc(C(F)(F)F)ccc1CN1CCCC12CCN(C(=O)OC(C(F)(F)F)C(F)(F)F)CC2. The number of carbonyl (C=O) groups excluding carboxylic acids is 1. The fourth-order valence-corrected chi connectivity index (χ4v) is 5.43. The van der Waals surface area contributed by atoms with Crippen LogP contribution in [0.15, 0.2) is 18.2 Å². The van der Waals surface area contributed by atoms with Crippen LogP contribution in [-0.4, -0.2) is 65.6 Å². The fourth-order valence-electron chi connectivity index (χ4n) is 5.43. The van der Waals surface area contributed by atoms with Crippen LogP contribution in [0.1, 0.15) is 69.9 Å². The van der Waals surface area contributed by atoms with Gasteiger partial charge in [0.2, 0.25) is 0 Å². The second-order valence-corrected chi connectivity index (χ2v) is 10.3. The Kier molecular flexibility index (Phi) is 9.83. The number of amides is 1. The summed E-state index contributed by atoms with van der Waals surface area (Å²) in [5.74, 6) is 0.128. The molecule has 2 saturated heterocycles. The standard InChI is InChI=1S/C26H33F9N2O3/c1-3-6-19(4-2)39-20-15-18(24(27,28)29)8-7-17(20)16-37-12-5-9-23(37)10-13-36(14-11-23)22(38)40-21(25(30,31)32)26(33,34)35/h7-8,15,19,21H,3-6,9-14,16H2,1-2H3. The van der Waals surface area contributed by atoms with Gasteiger partial charge in [-0.3, -0.25) is 4.90 Å². The zero-order valence-electron chi connectivity index (χ0n) is 22.2. The molecule has 1 aromatic carbocycles. The number of halogens is 9. The van der Waals surface area contributed by atoms with E-state index < -0.39 is 41.8 Å². The summed E-state index contributed by atoms with van der Waals surface area (Å²) >= 11 is 0. The number of piperidine rings is 1. The predicted octanol–water partition coefficient (Wildman–Crippen LogP) is 7.72. The van der Waals surface area contributed by atoms with Crippen LogP contribution in [0.25, 0.3) is 0 Å². The van der Waals surface area contributed by atoms with Gasteiger partial charge in [0.1, 0.15) is 5.75 Å². The molecule has 1 atom stereocenters. The van der Waals surface area contributed by atoms with Crippen molar-refractivity contribution in [2.45, 2.75) is 102 Å². The van der Waals surface area contributed by atoms with Gasteiger partial charge in [-0.1, -0.05) is 26.3 Å². The number of hydrogen-bond acceptors (Lipinski definition) is 4. The van der Waals surface area contributed by atoms with E-state index in [2.05, 4.69) is 9.64 Å². The Bertz CT molecular complexity index is 989. The van der Waals surface area contributed by atoms with E-state index in [1.165, 1.54) is 6.07 Å². The minimum atomic E-state index is -5.80. The van der Waals surface area contributed by atoms with Crippen LogP contribution in [-0.2, 0) is 17.5 Å². The van der Waals surface area contributed by atoms with Crippen molar-refractivity contribution in [2.24, 2.45) is 0 Å². The quantitative estimate of drug-likeness (QED) is 0.290. The summed E-state index contributed by atoms with van der Waals surface area (Å²) in [6.45, 7) is 4.41. The Morgan fingerprint density at radius 2 is 1.57 bits per heavy atom. The molecule has 1 amide bonds. The minimum absolute atomic E-state index is 0.122. The molecule has 14 heteroatoms. The van der Waals surface area contributed by atoms with Crippen LogP contribution in [0.2, 0.25) is 0 Å². The van der Waals surface area contributed by atoms with Gasteiger partial charge in [-0.25, -0.2) is 4.79 Å². The molecule has 0 aliphatic carbocycles. The third-order valence-electron chi connectivity index (χ3n) is 7.62. The number of hydrogen-bond donors (Lipinski definition) is 0. The topological polar surface area (TPSA) is 42.0 Å². The number of benzene rings is 1. The molecular weight excluding hydrogens is 559 g/mol. The minimum Gasteiger partial charge on any atom is -0.490 e. The van der Waals surface area contributed by atoms with Gasteiger partial charge in [-0.15, -0.1) is 0 Å². The number of likely N-dealkylation sites (tertiary alicyclic amines) is 2. The molecule has 0 N–H and O–H groups in total. The highest BCUT2D eigenvalue weighted by Crippen LogP contribution is 2.42. The van der Waals surface area contributed by atoms with Gasteiger partial charge in [0.15, 0.2) is 0 Å². The summed E-state index contributed by atoms with van der Waals surface area (Å²) in [5, 5.41) is 0. The normalized spacial score (nSPS) is 19.4. The second-order valence-electron chi connectivity index (χ2n) is 10.3. The van der Waals surface area contributed by atoms with Crippen LogP contribution < -0.4 is 4.74 Å². The smallest absolute Gasteiger partial charge is 0.434 e. The molecule has 0 saturated carbocycles. The number of rotatable bonds is 8. The second kappa shape index (κ2) is 12.2. The van der Waals surface area contributed by atoms with Crippen molar-refractivity contribution in [1.29, 1.82) is 0 Å². The summed E-state index contributed by atoms with van der Waals surface area (Å²) in [4.78, 5) is 15.1. The first-order valence-corrected chi connectivity index (χ1v) is 13.2. The van der Waals surface area contributed by atoms with E-state index in [-0.39, 0.29) is 44.3 Å². The van der Waals surface area contributed by atoms with Crippen LogP contribution in [0.4, 0.5) is 44.3 Å². The van der Waals surface area contributed by atoms with Crippen LogP contribution >= 0.6 is 0 Å². The highest BCUT2D eigenvalue weighted by molar-refractivity contribution is 5.68. The van der Waals surface area contributed by atoms with Gasteiger partial charge in [-0.05, 0) is 57.2 Å². The van der Waals surface area contributed by atoms with Crippen molar-refractivity contribution in [3.05, 3.63) is 29.3 Å². The van der Waals surface area contributed by atoms with E-state index >= 15 is 0 Å². The molecule has 5 nitrogen and oxygen atoms in total. The van der Waals surface area contributed by atoms with Crippen LogP contribution in [0.3, 0.4) is 0 Å². The van der Waals surface area contributed by atoms with E-state index in [0.29, 0.717) is 31.4 Å². The maximum atomic E-state index is 13.4. The van der Waals surface area contributed by atoms with Gasteiger partial charge in [0, 0.05) is 30.7 Å². The molecule has 0 bridgehead atoms. The highest BCUT2D eigenvalue weighted by atomic mass is 19.4. The number of carbonyl (C=O) groups is 1. The third kappa shape index (κ3) is 7.67. The average molecular weight is 593 g/mol. The van der Waals surface area contributed by atoms with Crippen molar-refractivity contribution in [1.82, 2.24) is 9.80 Å². The van der Waals surface area contributed by atoms with E-state index in [1.807, 2.05) is 13.8 Å². The first-order chi connectivity index (χ1) is 18.5. The molecule has 2 heterocycles. The van der Waals surface area contributed by atoms with E-state index in [4.69, 9.17) is 4.74 Å². The van der Waals surface area contributed by atoms with Gasteiger partial charge < -0.3 is 14.4 Å². The largest absolute Gasteiger partial charge is 0.490 e. The molecule has 2 aliphatic rings. The van der Waals surface area contributed by atoms with Crippen molar-refractivity contribution in [2.75, 3.05) is 19.6 Å². The molecule has 1 spiro atoms. The first kappa shape index (κ1) is 32.1. The van der Waals surface area contributed by atoms with Gasteiger partial charge in [0.05, 0.1) is 11.7 Å². The fraction of sp³-hybridized carbons (Fsp3) is 0.731. The molecule has 3 rings (SSSR count). The predicted molar refractivity (Wildman–Crippen MR) is 127 cm³/mol. The van der Waals surface area contributed by atoms with Crippen LogP contribution in [0, 0.1) is 0 Å². The Balaban J connectivity index is 1.74. The Morgan fingerprint density at radius 3 is 2.10 bits per heavy atom. The van der Waals surface area contributed by atoms with E-state index in [1.54, 1.807) is 0 Å². The Labute approximate surface area is 226 Å². The lowest BCUT2D eigenvalue weighted by atomic mass is 9.84. The Morgan fingerprint density at radius 1 is 0.950 bits per heavy atom. The average Bonchev–Trinajstić information content (AvgIpc) is 3.22. The lowest BCUT2D eigenvalue weighted by Gasteiger charge is -2.45. The monoisotopic (exact) mass is 592 g/mol. The van der Waals surface area contributed by atoms with E-state index in [9.17, 15) is 44.3 Å². The molecule has 40 heavy (non-hydrogen) atoms. The zero-order chi connectivity index (χ0) is 29.9. The lowest BCUT2D eigenvalue weighted by Crippen LogP contribution is -2.54. The number of ether oxygens (including phenoxy) is 2. The lowest BCUT2D eigenvalue weighted by molar-refractivity contribution is -0.308. The molecular formula is C26H33F9N2O3. The van der Waals surface area contributed by atoms with Crippen molar-refractivity contribution >= 4 is 6.09 Å². The van der Waals surface area contributed by atoms with Gasteiger partial charge in [-0.2, -0.15) is 39.5 Å². The summed E-state index contributed by atoms with van der Waals surface area (Å²) in [7, 11) is 0. The molecule has 1 aromatic rings. The summed E-state index contributed by atoms with van der Waals surface area (Å²) in [6.07, 6.45) is -18.4. The van der Waals surface area contributed by atoms with Crippen molar-refractivity contribution in [3.8, 4) is 5.75 Å². The molecule has 1 unspecified atom stereocenters. The van der Waals surface area contributed by atoms with Gasteiger partial charge in [0.25, 0.3) is 6.10 Å². The zero-order valence-corrected chi connectivity index (χ0v) is 22.2. The van der Waals surface area contributed by atoms with Crippen molar-refractivity contribution in [3.63, 3.8) is 0 Å². The summed E-state index contributed by atoms with van der Waals surface area (Å²) in [5.41, 5.74) is -0.807. The molecule has 228 valence electrons. The van der Waals surface area contributed by atoms with Crippen LogP contribution in [0.5, 0.6) is 5.75 Å².